The highest BCUT2D eigenvalue weighted by molar-refractivity contribution is 6.06. The molecule has 0 aliphatic heterocycles. The number of nitrogens with zero attached hydrogens (tertiary/aromatic N) is 1. The van der Waals surface area contributed by atoms with E-state index in [2.05, 4.69) is 24.1 Å². The Morgan fingerprint density at radius 3 is 2.50 bits per heavy atom. The van der Waals surface area contributed by atoms with Crippen molar-refractivity contribution in [3.8, 4) is 0 Å². The molecule has 0 unspecified atom stereocenters. The molecule has 22 heavy (non-hydrogen) atoms. The van der Waals surface area contributed by atoms with Gasteiger partial charge in [-0.3, -0.25) is 9.78 Å². The predicted molar refractivity (Wildman–Crippen MR) is 89.2 cm³/mol. The van der Waals surface area contributed by atoms with Crippen LogP contribution >= 0.6 is 0 Å². The third kappa shape index (κ3) is 3.45. The number of hydrogen-bond acceptors (Lipinski definition) is 3. The van der Waals surface area contributed by atoms with Gasteiger partial charge in [0.1, 0.15) is 0 Å². The Morgan fingerprint density at radius 1 is 1.18 bits per heavy atom. The van der Waals surface area contributed by atoms with Crippen LogP contribution in [0.15, 0.2) is 30.3 Å². The molecule has 1 N–H and O–H groups in total. The fourth-order valence-corrected chi connectivity index (χ4v) is 2.29. The molecule has 0 spiro atoms. The Hall–Kier alpha value is -1.94. The molecule has 2 rings (SSSR count). The van der Waals surface area contributed by atoms with Crippen LogP contribution in [-0.2, 0) is 4.74 Å². The molecule has 0 saturated carbocycles. The molecular formula is C18H24N2O2. The van der Waals surface area contributed by atoms with E-state index >= 15 is 0 Å². The van der Waals surface area contributed by atoms with Crippen molar-refractivity contribution in [2.45, 2.75) is 45.8 Å². The minimum atomic E-state index is -0.0862. The molecule has 0 bridgehead atoms. The van der Waals surface area contributed by atoms with Crippen LogP contribution in [0.5, 0.6) is 0 Å². The van der Waals surface area contributed by atoms with E-state index in [0.29, 0.717) is 5.56 Å². The molecule has 4 heteroatoms. The highest BCUT2D eigenvalue weighted by atomic mass is 16.5. The zero-order chi connectivity index (χ0) is 16.3. The second-order valence-corrected chi connectivity index (χ2v) is 5.97. The first-order chi connectivity index (χ1) is 10.4. The highest BCUT2D eigenvalue weighted by Gasteiger charge is 2.18. The van der Waals surface area contributed by atoms with Crippen LogP contribution in [0.4, 0.5) is 0 Å². The molecular weight excluding hydrogens is 276 g/mol. The predicted octanol–water partition coefficient (Wildman–Crippen LogP) is 3.51. The molecule has 1 aromatic carbocycles. The van der Waals surface area contributed by atoms with E-state index in [1.165, 1.54) is 0 Å². The summed E-state index contributed by atoms with van der Waals surface area (Å²) in [6.45, 7) is 8.04. The Labute approximate surface area is 131 Å². The van der Waals surface area contributed by atoms with Gasteiger partial charge in [0.25, 0.3) is 5.91 Å². The SMILES string of the molecule is CO[C@H](C)[C@H](C)NC(=O)c1cc(C(C)C)nc2ccccc12. The number of para-hydroxylation sites is 1. The fourth-order valence-electron chi connectivity index (χ4n) is 2.29. The number of carbonyl (C=O) groups excluding carboxylic acids is 1. The average molecular weight is 300 g/mol. The maximum atomic E-state index is 12.7. The number of rotatable bonds is 5. The highest BCUT2D eigenvalue weighted by Crippen LogP contribution is 2.22. The number of ether oxygens (including phenoxy) is 1. The number of nitrogens with one attached hydrogen (secondary N) is 1. The maximum absolute atomic E-state index is 12.7. The maximum Gasteiger partial charge on any atom is 0.252 e. The van der Waals surface area contributed by atoms with Gasteiger partial charge < -0.3 is 10.1 Å². The molecule has 0 radical (unpaired) electrons. The van der Waals surface area contributed by atoms with Gasteiger partial charge in [0, 0.05) is 18.2 Å². The van der Waals surface area contributed by atoms with Crippen LogP contribution in [0.2, 0.25) is 0 Å². The lowest BCUT2D eigenvalue weighted by Crippen LogP contribution is -2.40. The lowest BCUT2D eigenvalue weighted by molar-refractivity contribution is 0.0736. The molecule has 2 atom stereocenters. The van der Waals surface area contributed by atoms with Crippen molar-refractivity contribution < 1.29 is 9.53 Å². The molecule has 1 amide bonds. The smallest absolute Gasteiger partial charge is 0.252 e. The van der Waals surface area contributed by atoms with Gasteiger partial charge in [-0.25, -0.2) is 0 Å². The Balaban J connectivity index is 2.42. The standard InChI is InChI=1S/C18H24N2O2/c1-11(2)17-10-15(14-8-6-7-9-16(14)20-17)18(21)19-12(3)13(4)22-5/h6-13H,1-5H3,(H,19,21)/t12-,13+/m0/s1. The number of benzene rings is 1. The summed E-state index contributed by atoms with van der Waals surface area (Å²) in [4.78, 5) is 17.3. The van der Waals surface area contributed by atoms with E-state index < -0.39 is 0 Å². The molecule has 0 aliphatic rings. The van der Waals surface area contributed by atoms with Gasteiger partial charge in [-0.2, -0.15) is 0 Å². The number of hydrogen-bond donors (Lipinski definition) is 1. The first kappa shape index (κ1) is 16.4. The Morgan fingerprint density at radius 2 is 1.86 bits per heavy atom. The third-order valence-corrected chi connectivity index (χ3v) is 4.01. The Kier molecular flexibility index (Phi) is 5.14. The van der Waals surface area contributed by atoms with E-state index in [-0.39, 0.29) is 24.0 Å². The zero-order valence-corrected chi connectivity index (χ0v) is 13.9. The zero-order valence-electron chi connectivity index (χ0n) is 13.9. The normalized spacial score (nSPS) is 14.1. The van der Waals surface area contributed by atoms with Crippen molar-refractivity contribution >= 4 is 16.8 Å². The number of fused-ring (bicyclic) bond motifs is 1. The molecule has 1 aromatic heterocycles. The minimum Gasteiger partial charge on any atom is -0.380 e. The van der Waals surface area contributed by atoms with Crippen molar-refractivity contribution in [1.82, 2.24) is 10.3 Å². The van der Waals surface area contributed by atoms with E-state index in [1.54, 1.807) is 7.11 Å². The number of aromatic nitrogens is 1. The number of pyridine rings is 1. The number of methoxy groups -OCH3 is 1. The van der Waals surface area contributed by atoms with Crippen molar-refractivity contribution in [2.24, 2.45) is 0 Å². The van der Waals surface area contributed by atoms with Gasteiger partial charge in [-0.05, 0) is 31.9 Å². The van der Waals surface area contributed by atoms with Gasteiger partial charge >= 0.3 is 0 Å². The summed E-state index contributed by atoms with van der Waals surface area (Å²) in [5.74, 6) is 0.184. The van der Waals surface area contributed by atoms with Crippen molar-refractivity contribution in [1.29, 1.82) is 0 Å². The van der Waals surface area contributed by atoms with Crippen molar-refractivity contribution in [3.63, 3.8) is 0 Å². The summed E-state index contributed by atoms with van der Waals surface area (Å²) in [6, 6.07) is 9.58. The van der Waals surface area contributed by atoms with Crippen LogP contribution < -0.4 is 5.32 Å². The summed E-state index contributed by atoms with van der Waals surface area (Å²) < 4.78 is 5.27. The quantitative estimate of drug-likeness (QED) is 0.919. The number of amides is 1. The molecule has 4 nitrogen and oxygen atoms in total. The fraction of sp³-hybridized carbons (Fsp3) is 0.444. The van der Waals surface area contributed by atoms with Gasteiger partial charge in [-0.15, -0.1) is 0 Å². The van der Waals surface area contributed by atoms with Crippen LogP contribution in [0.3, 0.4) is 0 Å². The van der Waals surface area contributed by atoms with Gasteiger partial charge in [0.2, 0.25) is 0 Å². The monoisotopic (exact) mass is 300 g/mol. The first-order valence-electron chi connectivity index (χ1n) is 7.67. The van der Waals surface area contributed by atoms with Crippen LogP contribution in [0.1, 0.15) is 49.7 Å². The minimum absolute atomic E-state index is 0.0402. The van der Waals surface area contributed by atoms with Crippen LogP contribution in [0, 0.1) is 0 Å². The van der Waals surface area contributed by atoms with E-state index in [0.717, 1.165) is 16.6 Å². The average Bonchev–Trinajstić information content (AvgIpc) is 2.52. The molecule has 118 valence electrons. The largest absolute Gasteiger partial charge is 0.380 e. The summed E-state index contributed by atoms with van der Waals surface area (Å²) in [5.41, 5.74) is 2.45. The van der Waals surface area contributed by atoms with Crippen molar-refractivity contribution in [3.05, 3.63) is 41.6 Å². The van der Waals surface area contributed by atoms with Crippen LogP contribution in [0.25, 0.3) is 10.9 Å². The molecule has 0 saturated heterocycles. The van der Waals surface area contributed by atoms with Gasteiger partial charge in [-0.1, -0.05) is 32.0 Å². The summed E-state index contributed by atoms with van der Waals surface area (Å²) in [6.07, 6.45) is -0.0402. The van der Waals surface area contributed by atoms with Gasteiger partial charge in [0.15, 0.2) is 0 Å². The molecule has 0 aliphatic carbocycles. The van der Waals surface area contributed by atoms with Gasteiger partial charge in [0.05, 0.1) is 23.2 Å². The third-order valence-electron chi connectivity index (χ3n) is 4.01. The topological polar surface area (TPSA) is 51.2 Å². The Bertz CT molecular complexity index is 667. The molecule has 0 fully saturated rings. The summed E-state index contributed by atoms with van der Waals surface area (Å²) >= 11 is 0. The van der Waals surface area contributed by atoms with E-state index in [1.807, 2.05) is 44.2 Å². The number of carbonyl (C=O) groups is 1. The van der Waals surface area contributed by atoms with E-state index in [4.69, 9.17) is 4.74 Å². The summed E-state index contributed by atoms with van der Waals surface area (Å²) in [7, 11) is 1.64. The summed E-state index contributed by atoms with van der Waals surface area (Å²) in [5, 5.41) is 3.89. The first-order valence-corrected chi connectivity index (χ1v) is 7.67. The second-order valence-electron chi connectivity index (χ2n) is 5.97. The second kappa shape index (κ2) is 6.88. The molecule has 1 heterocycles. The lowest BCUT2D eigenvalue weighted by atomic mass is 10.0. The van der Waals surface area contributed by atoms with Crippen LogP contribution in [-0.4, -0.2) is 30.1 Å². The van der Waals surface area contributed by atoms with E-state index in [9.17, 15) is 4.79 Å². The van der Waals surface area contributed by atoms with Crippen molar-refractivity contribution in [2.75, 3.05) is 7.11 Å². The lowest BCUT2D eigenvalue weighted by Gasteiger charge is -2.20. The molecule has 2 aromatic rings.